The molecule has 0 radical (unpaired) electrons. The normalized spacial score (nSPS) is 15.0. The summed E-state index contributed by atoms with van der Waals surface area (Å²) in [6.07, 6.45) is 4.70. The summed E-state index contributed by atoms with van der Waals surface area (Å²) in [5, 5.41) is 6.94. The van der Waals surface area contributed by atoms with Gasteiger partial charge < -0.3 is 15.2 Å². The van der Waals surface area contributed by atoms with E-state index in [1.807, 2.05) is 0 Å². The van der Waals surface area contributed by atoms with Crippen LogP contribution >= 0.6 is 37.2 Å². The number of rotatable bonds is 6. The van der Waals surface area contributed by atoms with Gasteiger partial charge in [0.2, 0.25) is 0 Å². The van der Waals surface area contributed by atoms with Gasteiger partial charge in [-0.2, -0.15) is 0 Å². The van der Waals surface area contributed by atoms with E-state index in [2.05, 4.69) is 49.1 Å². The highest BCUT2D eigenvalue weighted by Crippen LogP contribution is 2.26. The summed E-state index contributed by atoms with van der Waals surface area (Å²) in [4.78, 5) is 4.94. The maximum Gasteiger partial charge on any atom is 0.112 e. The molecule has 0 amide bonds. The van der Waals surface area contributed by atoms with Crippen molar-refractivity contribution in [3.05, 3.63) is 17.7 Å². The molecular weight excluding hydrogens is 355 g/mol. The molecule has 1 aliphatic heterocycles. The van der Waals surface area contributed by atoms with Crippen molar-refractivity contribution in [3.8, 4) is 0 Å². The maximum absolute atomic E-state index is 4.94. The molecule has 1 aromatic heterocycles. The zero-order valence-corrected chi connectivity index (χ0v) is 17.1. The van der Waals surface area contributed by atoms with Crippen molar-refractivity contribution >= 4 is 37.2 Å². The third-order valence-electron chi connectivity index (χ3n) is 4.03. The van der Waals surface area contributed by atoms with Crippen molar-refractivity contribution < 1.29 is 0 Å². The fraction of sp³-hybridized carbons (Fsp3) is 0.812. The molecule has 2 N–H and O–H groups in total. The van der Waals surface area contributed by atoms with Gasteiger partial charge in [-0.3, -0.25) is 0 Å². The number of piperidine rings is 1. The Morgan fingerprint density at radius 3 is 2.30 bits per heavy atom. The lowest BCUT2D eigenvalue weighted by atomic mass is 9.97. The Balaban J connectivity index is 0. The molecule has 7 heteroatoms. The molecule has 1 aliphatic rings. The Hall–Kier alpha value is -0.000000000000000111. The molecule has 0 aliphatic carbocycles. The van der Waals surface area contributed by atoms with Crippen LogP contribution < -0.4 is 10.6 Å². The van der Waals surface area contributed by atoms with Gasteiger partial charge in [0.05, 0.1) is 5.69 Å². The molecular formula is C16H33Cl3N4. The molecule has 1 aromatic rings. The lowest BCUT2D eigenvalue weighted by Crippen LogP contribution is -2.30. The van der Waals surface area contributed by atoms with E-state index in [9.17, 15) is 0 Å². The Bertz CT molecular complexity index is 415. The van der Waals surface area contributed by atoms with Gasteiger partial charge in [-0.15, -0.1) is 37.2 Å². The van der Waals surface area contributed by atoms with Gasteiger partial charge in [0.15, 0.2) is 0 Å². The average Bonchev–Trinajstić information content (AvgIpc) is 2.84. The van der Waals surface area contributed by atoms with Crippen LogP contribution in [0, 0.1) is 0 Å². The van der Waals surface area contributed by atoms with Crippen molar-refractivity contribution in [1.82, 2.24) is 20.2 Å². The van der Waals surface area contributed by atoms with Crippen molar-refractivity contribution in [2.24, 2.45) is 0 Å². The summed E-state index contributed by atoms with van der Waals surface area (Å²) in [5.41, 5.74) is 1.24. The predicted molar refractivity (Wildman–Crippen MR) is 106 cm³/mol. The SMILES string of the molecule is CC(C)NCCn1cc(C(C)C)nc1C1CCNCC1.Cl.Cl.Cl. The van der Waals surface area contributed by atoms with E-state index in [0.717, 1.165) is 26.2 Å². The first-order valence-corrected chi connectivity index (χ1v) is 8.09. The van der Waals surface area contributed by atoms with E-state index in [-0.39, 0.29) is 37.2 Å². The molecule has 0 unspecified atom stereocenters. The maximum atomic E-state index is 4.94. The van der Waals surface area contributed by atoms with Gasteiger partial charge in [0.25, 0.3) is 0 Å². The number of imidazole rings is 1. The minimum Gasteiger partial charge on any atom is -0.333 e. The third-order valence-corrected chi connectivity index (χ3v) is 4.03. The highest BCUT2D eigenvalue weighted by Gasteiger charge is 2.21. The largest absolute Gasteiger partial charge is 0.333 e. The van der Waals surface area contributed by atoms with Gasteiger partial charge in [-0.25, -0.2) is 4.98 Å². The van der Waals surface area contributed by atoms with E-state index in [1.165, 1.54) is 24.4 Å². The first-order chi connectivity index (χ1) is 9.58. The fourth-order valence-corrected chi connectivity index (χ4v) is 2.79. The summed E-state index contributed by atoms with van der Waals surface area (Å²) in [6, 6.07) is 0.547. The molecule has 0 bridgehead atoms. The number of hydrogen-bond donors (Lipinski definition) is 2. The van der Waals surface area contributed by atoms with Crippen molar-refractivity contribution in [3.63, 3.8) is 0 Å². The second kappa shape index (κ2) is 12.4. The van der Waals surface area contributed by atoms with Crippen molar-refractivity contribution in [2.45, 2.75) is 65.0 Å². The van der Waals surface area contributed by atoms with E-state index in [0.29, 0.717) is 17.9 Å². The predicted octanol–water partition coefficient (Wildman–Crippen LogP) is 3.74. The average molecular weight is 388 g/mol. The Labute approximate surface area is 159 Å². The van der Waals surface area contributed by atoms with Gasteiger partial charge >= 0.3 is 0 Å². The summed E-state index contributed by atoms with van der Waals surface area (Å²) in [7, 11) is 0. The smallest absolute Gasteiger partial charge is 0.112 e. The van der Waals surface area contributed by atoms with Crippen LogP contribution in [-0.4, -0.2) is 35.2 Å². The molecule has 2 heterocycles. The molecule has 23 heavy (non-hydrogen) atoms. The first-order valence-electron chi connectivity index (χ1n) is 8.09. The van der Waals surface area contributed by atoms with Crippen LogP contribution in [0.1, 0.15) is 63.9 Å². The summed E-state index contributed by atoms with van der Waals surface area (Å²) in [6.45, 7) is 13.1. The fourth-order valence-electron chi connectivity index (χ4n) is 2.79. The molecule has 0 atom stereocenters. The summed E-state index contributed by atoms with van der Waals surface area (Å²) >= 11 is 0. The zero-order valence-electron chi connectivity index (χ0n) is 14.7. The van der Waals surface area contributed by atoms with Gasteiger partial charge in [-0.1, -0.05) is 27.7 Å². The Morgan fingerprint density at radius 1 is 1.17 bits per heavy atom. The number of halogens is 3. The van der Waals surface area contributed by atoms with Gasteiger partial charge in [0, 0.05) is 31.2 Å². The van der Waals surface area contributed by atoms with Crippen molar-refractivity contribution in [2.75, 3.05) is 19.6 Å². The lowest BCUT2D eigenvalue weighted by Gasteiger charge is -2.23. The molecule has 1 saturated heterocycles. The van der Waals surface area contributed by atoms with E-state index in [1.54, 1.807) is 0 Å². The highest BCUT2D eigenvalue weighted by molar-refractivity contribution is 5.86. The topological polar surface area (TPSA) is 41.9 Å². The Kier molecular flexibility index (Phi) is 13.6. The second-order valence-electron chi connectivity index (χ2n) is 6.51. The highest BCUT2D eigenvalue weighted by atomic mass is 35.5. The molecule has 4 nitrogen and oxygen atoms in total. The number of nitrogens with one attached hydrogen (secondary N) is 2. The first kappa shape index (κ1) is 25.2. The minimum absolute atomic E-state index is 0. The van der Waals surface area contributed by atoms with Crippen molar-refractivity contribution in [1.29, 1.82) is 0 Å². The van der Waals surface area contributed by atoms with Crippen LogP contribution in [0.4, 0.5) is 0 Å². The summed E-state index contributed by atoms with van der Waals surface area (Å²) < 4.78 is 2.39. The van der Waals surface area contributed by atoms with Crippen LogP contribution in [-0.2, 0) is 6.54 Å². The molecule has 0 saturated carbocycles. The molecule has 138 valence electrons. The van der Waals surface area contributed by atoms with E-state index >= 15 is 0 Å². The van der Waals surface area contributed by atoms with Crippen LogP contribution in [0.2, 0.25) is 0 Å². The monoisotopic (exact) mass is 386 g/mol. The minimum atomic E-state index is 0. The number of aromatic nitrogens is 2. The van der Waals surface area contributed by atoms with Crippen LogP contribution in [0.15, 0.2) is 6.20 Å². The molecule has 0 spiro atoms. The summed E-state index contributed by atoms with van der Waals surface area (Å²) in [5.74, 6) is 2.44. The molecule has 1 fully saturated rings. The van der Waals surface area contributed by atoms with E-state index < -0.39 is 0 Å². The van der Waals surface area contributed by atoms with Crippen LogP contribution in [0.3, 0.4) is 0 Å². The van der Waals surface area contributed by atoms with Crippen LogP contribution in [0.25, 0.3) is 0 Å². The standard InChI is InChI=1S/C16H30N4.3ClH/c1-12(2)15-11-20(10-9-18-13(3)4)16(19-15)14-5-7-17-8-6-14;;;/h11-14,17-18H,5-10H2,1-4H3;3*1H. The van der Waals surface area contributed by atoms with Crippen LogP contribution in [0.5, 0.6) is 0 Å². The second-order valence-corrected chi connectivity index (χ2v) is 6.51. The number of nitrogens with zero attached hydrogens (tertiary/aromatic N) is 2. The molecule has 0 aromatic carbocycles. The van der Waals surface area contributed by atoms with Gasteiger partial charge in [0.1, 0.15) is 5.82 Å². The van der Waals surface area contributed by atoms with E-state index in [4.69, 9.17) is 4.98 Å². The zero-order chi connectivity index (χ0) is 14.5. The third kappa shape index (κ3) is 7.61. The quantitative estimate of drug-likeness (QED) is 0.781. The Morgan fingerprint density at radius 2 is 1.78 bits per heavy atom. The van der Waals surface area contributed by atoms with Gasteiger partial charge in [-0.05, 0) is 31.8 Å². The molecule has 2 rings (SSSR count). The number of hydrogen-bond acceptors (Lipinski definition) is 3. The lowest BCUT2D eigenvalue weighted by molar-refractivity contribution is 0.425.